The van der Waals surface area contributed by atoms with Gasteiger partial charge in [-0.2, -0.15) is 4.31 Å². The lowest BCUT2D eigenvalue weighted by Gasteiger charge is -2.38. The third kappa shape index (κ3) is 4.61. The highest BCUT2D eigenvalue weighted by Gasteiger charge is 2.37. The Hall–Kier alpha value is -1.80. The Kier molecular flexibility index (Phi) is 5.38. The van der Waals surface area contributed by atoms with Crippen molar-refractivity contribution in [3.8, 4) is 0 Å². The first kappa shape index (κ1) is 19.5. The van der Waals surface area contributed by atoms with Gasteiger partial charge < -0.3 is 4.90 Å². The number of nitrogens with zero attached hydrogens (tertiary/aromatic N) is 3. The number of hydrogen-bond acceptors (Lipinski definition) is 5. The number of fused-ring (bicyclic) bond motifs is 1. The number of benzene rings is 2. The summed E-state index contributed by atoms with van der Waals surface area (Å²) in [7, 11) is -3.63. The molecule has 3 aromatic rings. The van der Waals surface area contributed by atoms with E-state index in [1.54, 1.807) is 32.7 Å². The van der Waals surface area contributed by atoms with E-state index in [-0.39, 0.29) is 12.0 Å². The van der Waals surface area contributed by atoms with Crippen molar-refractivity contribution < 1.29 is 12.5 Å². The van der Waals surface area contributed by atoms with Gasteiger partial charge in [-0.25, -0.2) is 13.4 Å². The summed E-state index contributed by atoms with van der Waals surface area (Å²) in [6.45, 7) is 3.64. The van der Waals surface area contributed by atoms with Crippen molar-refractivity contribution in [3.63, 3.8) is 0 Å². The van der Waals surface area contributed by atoms with Crippen molar-refractivity contribution >= 4 is 31.6 Å². The molecule has 2 fully saturated rings. The summed E-state index contributed by atoms with van der Waals surface area (Å²) >= 11 is 1.67. The van der Waals surface area contributed by atoms with Crippen molar-refractivity contribution in [3.05, 3.63) is 58.6 Å². The highest BCUT2D eigenvalue weighted by Crippen LogP contribution is 2.40. The van der Waals surface area contributed by atoms with Crippen LogP contribution in [-0.2, 0) is 10.0 Å². The predicted molar refractivity (Wildman–Crippen MR) is 135 cm³/mol. The second-order valence-electron chi connectivity index (χ2n) is 9.63. The van der Waals surface area contributed by atoms with E-state index in [4.69, 9.17) is 9.10 Å². The standard InChI is InChI=1S/C26H33N3O2S2/c1-18-4-8-22(9-5-18)33(30,31)29-17-19(2)6-10-24(29)21-7-11-25-23(16-21)27-26(32-25)20-12-14-28(3)15-13-20/h4-5,7-9,11,16,19-20,24H,6,10,12-15,17H2,1-3H3/t19-,24+/m0/s1/i3+1D3. The molecule has 7 heteroatoms. The molecule has 1 aromatic heterocycles. The van der Waals surface area contributed by atoms with E-state index in [1.807, 2.05) is 19.1 Å². The molecule has 2 aliphatic rings. The van der Waals surface area contributed by atoms with Crippen LogP contribution in [0.25, 0.3) is 10.2 Å². The number of thiazole rings is 1. The first-order valence-corrected chi connectivity index (χ1v) is 14.0. The molecule has 0 unspecified atom stereocenters. The highest BCUT2D eigenvalue weighted by molar-refractivity contribution is 7.89. The van der Waals surface area contributed by atoms with Gasteiger partial charge in [-0.05, 0) is 88.4 Å². The van der Waals surface area contributed by atoms with Gasteiger partial charge in [-0.3, -0.25) is 0 Å². The molecule has 2 atom stereocenters. The van der Waals surface area contributed by atoms with Crippen molar-refractivity contribution in [1.82, 2.24) is 14.2 Å². The molecule has 176 valence electrons. The lowest BCUT2D eigenvalue weighted by Crippen LogP contribution is -2.41. The minimum atomic E-state index is -3.63. The molecule has 5 nitrogen and oxygen atoms in total. The summed E-state index contributed by atoms with van der Waals surface area (Å²) in [6.07, 6.45) is 3.33. The number of aryl methyl sites for hydroxylation is 1. The van der Waals surface area contributed by atoms with Gasteiger partial charge in [0.05, 0.1) is 26.2 Å². The van der Waals surface area contributed by atoms with Crippen LogP contribution in [0.5, 0.6) is 0 Å². The van der Waals surface area contributed by atoms with Crippen LogP contribution in [0.15, 0.2) is 47.4 Å². The molecule has 3 heterocycles. The molecule has 0 aliphatic carbocycles. The Morgan fingerprint density at radius 2 is 1.82 bits per heavy atom. The van der Waals surface area contributed by atoms with Gasteiger partial charge in [-0.15, -0.1) is 11.3 Å². The summed E-state index contributed by atoms with van der Waals surface area (Å²) in [5.74, 6) is 0.565. The van der Waals surface area contributed by atoms with Gasteiger partial charge in [0.15, 0.2) is 0 Å². The predicted octanol–water partition coefficient (Wildman–Crippen LogP) is 5.58. The number of likely N-dealkylation sites (tertiary alicyclic amines) is 1. The Bertz CT molecular complexity index is 1330. The first-order chi connectivity index (χ1) is 17.0. The average Bonchev–Trinajstić information content (AvgIpc) is 3.27. The van der Waals surface area contributed by atoms with Crippen molar-refractivity contribution in [1.29, 1.82) is 0 Å². The summed E-state index contributed by atoms with van der Waals surface area (Å²) < 4.78 is 53.0. The quantitative estimate of drug-likeness (QED) is 0.451. The van der Waals surface area contributed by atoms with E-state index < -0.39 is 17.0 Å². The SMILES string of the molecule is [2H][13C]([2H])([2H])N1CCC(c2nc3cc([C@H]4CC[C@H](C)CN4S(=O)(=O)c4ccc(C)cc4)ccc3s2)CC1. The number of aromatic nitrogens is 1. The maximum Gasteiger partial charge on any atom is 0.243 e. The van der Waals surface area contributed by atoms with E-state index in [0.29, 0.717) is 30.4 Å². The van der Waals surface area contributed by atoms with E-state index in [1.165, 1.54) is 0 Å². The molecule has 2 aliphatic heterocycles. The van der Waals surface area contributed by atoms with Gasteiger partial charge in [0.2, 0.25) is 10.0 Å². The van der Waals surface area contributed by atoms with Crippen LogP contribution in [0.4, 0.5) is 0 Å². The largest absolute Gasteiger partial charge is 0.306 e. The number of hydrogen-bond donors (Lipinski definition) is 0. The first-order valence-electron chi connectivity index (χ1n) is 13.3. The summed E-state index contributed by atoms with van der Waals surface area (Å²) in [5.41, 5.74) is 2.92. The minimum Gasteiger partial charge on any atom is -0.306 e. The highest BCUT2D eigenvalue weighted by atomic mass is 32.2. The van der Waals surface area contributed by atoms with Gasteiger partial charge in [-0.1, -0.05) is 30.7 Å². The summed E-state index contributed by atoms with van der Waals surface area (Å²) in [6, 6.07) is 13.1. The molecule has 2 saturated heterocycles. The zero-order valence-corrected chi connectivity index (χ0v) is 20.8. The van der Waals surface area contributed by atoms with Crippen LogP contribution in [0.3, 0.4) is 0 Å². The lowest BCUT2D eigenvalue weighted by atomic mass is 9.92. The minimum absolute atomic E-state index is 0.218. The van der Waals surface area contributed by atoms with E-state index in [9.17, 15) is 8.42 Å². The van der Waals surface area contributed by atoms with Crippen LogP contribution in [0.2, 0.25) is 0 Å². The number of sulfonamides is 1. The summed E-state index contributed by atoms with van der Waals surface area (Å²) in [4.78, 5) is 6.85. The molecule has 0 amide bonds. The molecule has 0 radical (unpaired) electrons. The van der Waals surface area contributed by atoms with Crippen LogP contribution in [-0.4, -0.2) is 49.2 Å². The maximum atomic E-state index is 13.7. The third-order valence-electron chi connectivity index (χ3n) is 7.06. The molecule has 0 bridgehead atoms. The second kappa shape index (κ2) is 9.10. The van der Waals surface area contributed by atoms with E-state index in [0.717, 1.165) is 52.0 Å². The second-order valence-corrected chi connectivity index (χ2v) is 12.6. The zero-order chi connectivity index (χ0) is 25.7. The maximum absolute atomic E-state index is 13.7. The number of rotatable bonds is 4. The monoisotopic (exact) mass is 487 g/mol. The fraction of sp³-hybridized carbons (Fsp3) is 0.500. The fourth-order valence-electron chi connectivity index (χ4n) is 5.03. The molecule has 33 heavy (non-hydrogen) atoms. The van der Waals surface area contributed by atoms with E-state index in [2.05, 4.69) is 25.1 Å². The molecule has 0 spiro atoms. The van der Waals surface area contributed by atoms with Gasteiger partial charge in [0.25, 0.3) is 0 Å². The normalized spacial score (nSPS) is 25.6. The van der Waals surface area contributed by atoms with Crippen LogP contribution >= 0.6 is 11.3 Å². The summed E-state index contributed by atoms with van der Waals surface area (Å²) in [5, 5.41) is 1.05. The van der Waals surface area contributed by atoms with Crippen molar-refractivity contribution in [2.45, 2.75) is 56.4 Å². The Labute approximate surface area is 205 Å². The topological polar surface area (TPSA) is 53.5 Å². The molecule has 0 N–H and O–H groups in total. The molecule has 0 saturated carbocycles. The zero-order valence-electron chi connectivity index (χ0n) is 22.2. The van der Waals surface area contributed by atoms with Crippen LogP contribution in [0, 0.1) is 12.8 Å². The lowest BCUT2D eigenvalue weighted by molar-refractivity contribution is 0.207. The van der Waals surface area contributed by atoms with Crippen LogP contribution in [0.1, 0.15) is 64.8 Å². The van der Waals surface area contributed by atoms with E-state index >= 15 is 0 Å². The Balaban J connectivity index is 1.41. The molecular weight excluding hydrogens is 451 g/mol. The average molecular weight is 488 g/mol. The molecule has 2 aromatic carbocycles. The Morgan fingerprint density at radius 3 is 2.55 bits per heavy atom. The van der Waals surface area contributed by atoms with Gasteiger partial charge in [0.1, 0.15) is 0 Å². The molecule has 5 rings (SSSR count). The van der Waals surface area contributed by atoms with Crippen LogP contribution < -0.4 is 0 Å². The van der Waals surface area contributed by atoms with Crippen molar-refractivity contribution in [2.75, 3.05) is 26.6 Å². The van der Waals surface area contributed by atoms with Gasteiger partial charge >= 0.3 is 0 Å². The van der Waals surface area contributed by atoms with Crippen molar-refractivity contribution in [2.24, 2.45) is 5.92 Å². The third-order valence-corrected chi connectivity index (χ3v) is 10.1. The molecular formula is C26H33N3O2S2. The number of piperidine rings is 2. The van der Waals surface area contributed by atoms with Gasteiger partial charge in [0, 0.05) is 16.6 Å². The fourth-order valence-corrected chi connectivity index (χ4v) is 7.91. The smallest absolute Gasteiger partial charge is 0.243 e. The Morgan fingerprint density at radius 1 is 1.06 bits per heavy atom.